The lowest BCUT2D eigenvalue weighted by atomic mass is 10.2. The molecule has 1 heterocycles. The van der Waals surface area contributed by atoms with Gasteiger partial charge in [-0.2, -0.15) is 4.98 Å². The van der Waals surface area contributed by atoms with Crippen molar-refractivity contribution >= 4 is 17.2 Å². The standard InChI is InChI=1S/C9H10N4O2S/c1-13-9(12-16(14)15)10-8(11-13)7-5-3-2-4-6-7/h2-6H,1H3,(H,14,15)(H,10,11,12). The third-order valence-electron chi connectivity index (χ3n) is 1.97. The van der Waals surface area contributed by atoms with E-state index in [0.717, 1.165) is 5.56 Å². The van der Waals surface area contributed by atoms with Crippen LogP contribution in [0.1, 0.15) is 0 Å². The van der Waals surface area contributed by atoms with Crippen molar-refractivity contribution < 1.29 is 8.76 Å². The van der Waals surface area contributed by atoms with Crippen LogP contribution in [0.4, 0.5) is 5.95 Å². The zero-order valence-electron chi connectivity index (χ0n) is 8.49. The largest absolute Gasteiger partial charge is 0.289 e. The van der Waals surface area contributed by atoms with E-state index in [0.29, 0.717) is 5.82 Å². The molecule has 1 atom stereocenters. The third kappa shape index (κ3) is 2.26. The van der Waals surface area contributed by atoms with Crippen LogP contribution in [0.5, 0.6) is 0 Å². The molecule has 84 valence electrons. The van der Waals surface area contributed by atoms with Crippen LogP contribution < -0.4 is 4.72 Å². The van der Waals surface area contributed by atoms with Crippen molar-refractivity contribution in [1.82, 2.24) is 14.8 Å². The fourth-order valence-corrected chi connectivity index (χ4v) is 1.59. The Labute approximate surface area is 94.7 Å². The molecule has 0 fully saturated rings. The summed E-state index contributed by atoms with van der Waals surface area (Å²) in [5.41, 5.74) is 0.856. The molecule has 0 amide bonds. The number of aryl methyl sites for hydroxylation is 1. The minimum atomic E-state index is -2.14. The van der Waals surface area contributed by atoms with Gasteiger partial charge in [0.15, 0.2) is 5.82 Å². The lowest BCUT2D eigenvalue weighted by molar-refractivity contribution is 0.569. The highest BCUT2D eigenvalue weighted by Crippen LogP contribution is 2.16. The topological polar surface area (TPSA) is 80.0 Å². The molecule has 1 aromatic heterocycles. The van der Waals surface area contributed by atoms with Gasteiger partial charge in [0.05, 0.1) is 0 Å². The molecule has 1 unspecified atom stereocenters. The molecule has 0 aliphatic heterocycles. The van der Waals surface area contributed by atoms with E-state index in [1.807, 2.05) is 30.3 Å². The van der Waals surface area contributed by atoms with Crippen LogP contribution in [0.2, 0.25) is 0 Å². The van der Waals surface area contributed by atoms with Gasteiger partial charge in [0, 0.05) is 12.6 Å². The molecule has 0 aliphatic carbocycles. The Morgan fingerprint density at radius 2 is 2.06 bits per heavy atom. The Morgan fingerprint density at radius 3 is 2.69 bits per heavy atom. The fourth-order valence-electron chi connectivity index (χ4n) is 1.26. The average Bonchev–Trinajstić information content (AvgIpc) is 2.61. The molecule has 7 heteroatoms. The number of nitrogens with one attached hydrogen (secondary N) is 1. The van der Waals surface area contributed by atoms with Crippen LogP contribution in [0.3, 0.4) is 0 Å². The van der Waals surface area contributed by atoms with Gasteiger partial charge in [-0.1, -0.05) is 30.3 Å². The van der Waals surface area contributed by atoms with Crippen LogP contribution in [0.25, 0.3) is 11.4 Å². The molecule has 2 N–H and O–H groups in total. The molecule has 2 aromatic rings. The lowest BCUT2D eigenvalue weighted by Gasteiger charge is -1.96. The van der Waals surface area contributed by atoms with Gasteiger partial charge >= 0.3 is 0 Å². The minimum Gasteiger partial charge on any atom is -0.289 e. The molecule has 0 saturated heterocycles. The van der Waals surface area contributed by atoms with Gasteiger partial charge in [-0.05, 0) is 0 Å². The first-order valence-corrected chi connectivity index (χ1v) is 5.61. The second-order valence-electron chi connectivity index (χ2n) is 3.10. The summed E-state index contributed by atoms with van der Waals surface area (Å²) in [7, 11) is 1.65. The van der Waals surface area contributed by atoms with Gasteiger partial charge in [0.2, 0.25) is 5.95 Å². The zero-order chi connectivity index (χ0) is 11.5. The average molecular weight is 238 g/mol. The van der Waals surface area contributed by atoms with E-state index in [-0.39, 0.29) is 5.95 Å². The van der Waals surface area contributed by atoms with E-state index >= 15 is 0 Å². The first-order chi connectivity index (χ1) is 7.66. The summed E-state index contributed by atoms with van der Waals surface area (Å²) in [5, 5.41) is 4.13. The van der Waals surface area contributed by atoms with Crippen molar-refractivity contribution in [3.8, 4) is 11.4 Å². The maximum absolute atomic E-state index is 10.6. The van der Waals surface area contributed by atoms with E-state index in [4.69, 9.17) is 4.55 Å². The summed E-state index contributed by atoms with van der Waals surface area (Å²) in [6.07, 6.45) is 0. The van der Waals surface area contributed by atoms with Crippen molar-refractivity contribution in [3.05, 3.63) is 30.3 Å². The van der Waals surface area contributed by atoms with Crippen LogP contribution in [0, 0.1) is 0 Å². The number of nitrogens with zero attached hydrogens (tertiary/aromatic N) is 3. The number of hydrogen-bond acceptors (Lipinski definition) is 3. The highest BCUT2D eigenvalue weighted by molar-refractivity contribution is 7.80. The molecule has 0 spiro atoms. The van der Waals surface area contributed by atoms with E-state index in [9.17, 15) is 4.21 Å². The van der Waals surface area contributed by atoms with E-state index in [2.05, 4.69) is 14.8 Å². The Kier molecular flexibility index (Phi) is 2.97. The molecule has 1 aromatic carbocycles. The predicted molar refractivity (Wildman–Crippen MR) is 60.8 cm³/mol. The number of hydrogen-bond donors (Lipinski definition) is 2. The second kappa shape index (κ2) is 4.42. The molecular weight excluding hydrogens is 228 g/mol. The molecule has 0 aliphatic rings. The molecule has 2 rings (SSSR count). The first kappa shape index (κ1) is 10.8. The second-order valence-corrected chi connectivity index (χ2v) is 3.80. The molecule has 6 nitrogen and oxygen atoms in total. The highest BCUT2D eigenvalue weighted by Gasteiger charge is 2.09. The number of anilines is 1. The molecule has 0 bridgehead atoms. The van der Waals surface area contributed by atoms with Gasteiger partial charge in [-0.3, -0.25) is 9.27 Å². The SMILES string of the molecule is Cn1nc(-c2ccccc2)nc1NS(=O)O. The first-order valence-electron chi connectivity index (χ1n) is 4.51. The van der Waals surface area contributed by atoms with Crippen LogP contribution in [-0.2, 0) is 18.3 Å². The van der Waals surface area contributed by atoms with E-state index in [1.165, 1.54) is 4.68 Å². The summed E-state index contributed by atoms with van der Waals surface area (Å²) < 4.78 is 23.0. The van der Waals surface area contributed by atoms with Crippen molar-refractivity contribution in [1.29, 1.82) is 0 Å². The summed E-state index contributed by atoms with van der Waals surface area (Å²) in [4.78, 5) is 4.11. The summed E-state index contributed by atoms with van der Waals surface area (Å²) >= 11 is -2.14. The van der Waals surface area contributed by atoms with Crippen LogP contribution >= 0.6 is 0 Å². The Morgan fingerprint density at radius 1 is 1.38 bits per heavy atom. The lowest BCUT2D eigenvalue weighted by Crippen LogP contribution is -2.07. The summed E-state index contributed by atoms with van der Waals surface area (Å²) in [6.45, 7) is 0. The number of benzene rings is 1. The Hall–Kier alpha value is -1.73. The van der Waals surface area contributed by atoms with Crippen molar-refractivity contribution in [2.24, 2.45) is 7.05 Å². The highest BCUT2D eigenvalue weighted by atomic mass is 32.2. The van der Waals surface area contributed by atoms with Gasteiger partial charge < -0.3 is 0 Å². The Balaban J connectivity index is 2.34. The summed E-state index contributed by atoms with van der Waals surface area (Å²) in [5.74, 6) is 0.760. The Bertz CT molecular complexity index is 511. The smallest absolute Gasteiger partial charge is 0.261 e. The molecule has 16 heavy (non-hydrogen) atoms. The van der Waals surface area contributed by atoms with Crippen molar-refractivity contribution in [2.45, 2.75) is 0 Å². The molecular formula is C9H10N4O2S. The number of aromatic nitrogens is 3. The zero-order valence-corrected chi connectivity index (χ0v) is 9.31. The van der Waals surface area contributed by atoms with Crippen LogP contribution in [0.15, 0.2) is 30.3 Å². The minimum absolute atomic E-state index is 0.250. The normalized spacial score (nSPS) is 12.4. The van der Waals surface area contributed by atoms with Crippen molar-refractivity contribution in [3.63, 3.8) is 0 Å². The van der Waals surface area contributed by atoms with Crippen LogP contribution in [-0.4, -0.2) is 23.5 Å². The van der Waals surface area contributed by atoms with E-state index < -0.39 is 11.3 Å². The van der Waals surface area contributed by atoms with Gasteiger partial charge in [-0.15, -0.1) is 5.10 Å². The number of rotatable bonds is 3. The molecule has 0 radical (unpaired) electrons. The maximum Gasteiger partial charge on any atom is 0.261 e. The summed E-state index contributed by atoms with van der Waals surface area (Å²) in [6, 6.07) is 9.39. The third-order valence-corrected chi connectivity index (χ3v) is 2.33. The quantitative estimate of drug-likeness (QED) is 0.783. The van der Waals surface area contributed by atoms with Crippen molar-refractivity contribution in [2.75, 3.05) is 4.72 Å². The van der Waals surface area contributed by atoms with Gasteiger partial charge in [-0.25, -0.2) is 8.89 Å². The van der Waals surface area contributed by atoms with E-state index in [1.54, 1.807) is 7.05 Å². The van der Waals surface area contributed by atoms with Gasteiger partial charge in [0.25, 0.3) is 11.3 Å². The predicted octanol–water partition coefficient (Wildman–Crippen LogP) is 1.03. The van der Waals surface area contributed by atoms with Gasteiger partial charge in [0.1, 0.15) is 0 Å². The maximum atomic E-state index is 10.6. The molecule has 0 saturated carbocycles. The monoisotopic (exact) mass is 238 g/mol. The fraction of sp³-hybridized carbons (Fsp3) is 0.111.